The Morgan fingerprint density at radius 1 is 1.05 bits per heavy atom. The highest BCUT2D eigenvalue weighted by atomic mass is 32.2. The first-order valence-electron chi connectivity index (χ1n) is 11.5. The quantitative estimate of drug-likeness (QED) is 0.364. The second-order valence-corrected chi connectivity index (χ2v) is 9.13. The molecule has 0 aliphatic carbocycles. The Morgan fingerprint density at radius 3 is 2.54 bits per heavy atom. The monoisotopic (exact) mass is 517 g/mol. The molecule has 1 aliphatic heterocycles. The van der Waals surface area contributed by atoms with E-state index in [4.69, 9.17) is 9.47 Å². The number of hydrogen-bond donors (Lipinski definition) is 1. The third-order valence-corrected chi connectivity index (χ3v) is 6.38. The van der Waals surface area contributed by atoms with Gasteiger partial charge >= 0.3 is 5.97 Å². The van der Waals surface area contributed by atoms with Crippen molar-refractivity contribution in [3.63, 3.8) is 0 Å². The summed E-state index contributed by atoms with van der Waals surface area (Å²) >= 11 is 0.987. The Kier molecular flexibility index (Phi) is 8.20. The van der Waals surface area contributed by atoms with Crippen LogP contribution in [0.5, 0.6) is 5.75 Å². The highest BCUT2D eigenvalue weighted by Crippen LogP contribution is 2.40. The van der Waals surface area contributed by atoms with E-state index < -0.39 is 11.9 Å². The maximum absolute atomic E-state index is 13.5. The van der Waals surface area contributed by atoms with Gasteiger partial charge in [0, 0.05) is 11.1 Å². The van der Waals surface area contributed by atoms with Crippen molar-refractivity contribution >= 4 is 34.8 Å². The van der Waals surface area contributed by atoms with Gasteiger partial charge in [0.1, 0.15) is 34.5 Å². The van der Waals surface area contributed by atoms with Crippen LogP contribution < -0.4 is 4.74 Å². The Hall–Kier alpha value is -4.17. The molecule has 1 N–H and O–H groups in total. The number of para-hydroxylation sites is 1. The van der Waals surface area contributed by atoms with Gasteiger partial charge in [-0.05, 0) is 55.8 Å². The molecule has 0 bridgehead atoms. The van der Waals surface area contributed by atoms with Gasteiger partial charge in [0.2, 0.25) is 0 Å². The number of rotatable bonds is 7. The normalized spacial score (nSPS) is 15.3. The minimum Gasteiger partial charge on any atom is -0.506 e. The van der Waals surface area contributed by atoms with Crippen molar-refractivity contribution in [1.29, 1.82) is 0 Å². The van der Waals surface area contributed by atoms with Crippen molar-refractivity contribution in [3.8, 4) is 5.75 Å². The second kappa shape index (κ2) is 11.7. The number of nitrogens with zero attached hydrogens (tertiary/aromatic N) is 1. The van der Waals surface area contributed by atoms with Crippen LogP contribution >= 0.6 is 11.8 Å². The van der Waals surface area contributed by atoms with E-state index in [0.29, 0.717) is 27.3 Å². The fourth-order valence-corrected chi connectivity index (χ4v) is 4.51. The molecule has 188 valence electrons. The van der Waals surface area contributed by atoms with Gasteiger partial charge in [-0.25, -0.2) is 14.2 Å². The Morgan fingerprint density at radius 2 is 1.81 bits per heavy atom. The van der Waals surface area contributed by atoms with E-state index in [-0.39, 0.29) is 35.4 Å². The van der Waals surface area contributed by atoms with E-state index in [0.717, 1.165) is 17.3 Å². The molecule has 1 amide bonds. The summed E-state index contributed by atoms with van der Waals surface area (Å²) in [6.07, 6.45) is 1.64. The molecule has 0 spiro atoms. The lowest BCUT2D eigenvalue weighted by Gasteiger charge is -2.10. The molecule has 1 aliphatic rings. The van der Waals surface area contributed by atoms with E-state index in [1.807, 2.05) is 6.92 Å². The first-order valence-corrected chi connectivity index (χ1v) is 12.3. The molecule has 0 atom stereocenters. The Bertz CT molecular complexity index is 1430. The van der Waals surface area contributed by atoms with Crippen LogP contribution in [0.3, 0.4) is 0 Å². The van der Waals surface area contributed by atoms with E-state index >= 15 is 0 Å². The summed E-state index contributed by atoms with van der Waals surface area (Å²) in [4.78, 5) is 29.9. The van der Waals surface area contributed by atoms with Gasteiger partial charge in [-0.15, -0.1) is 0 Å². The topological polar surface area (TPSA) is 85.2 Å². The zero-order valence-corrected chi connectivity index (χ0v) is 21.0. The molecule has 0 aromatic heterocycles. The van der Waals surface area contributed by atoms with Crippen LogP contribution in [0.25, 0.3) is 6.08 Å². The number of carbonyl (C=O) groups is 2. The van der Waals surface area contributed by atoms with Gasteiger partial charge < -0.3 is 14.6 Å². The lowest BCUT2D eigenvalue weighted by atomic mass is 10.1. The fourth-order valence-electron chi connectivity index (χ4n) is 3.51. The highest BCUT2D eigenvalue weighted by molar-refractivity contribution is 8.18. The molecular weight excluding hydrogens is 493 g/mol. The predicted molar refractivity (Wildman–Crippen MR) is 142 cm³/mol. The van der Waals surface area contributed by atoms with Crippen molar-refractivity contribution in [3.05, 3.63) is 117 Å². The first kappa shape index (κ1) is 25.9. The van der Waals surface area contributed by atoms with Crippen LogP contribution in [0.15, 0.2) is 94.0 Å². The number of aliphatic hydroxyl groups is 1. The number of thioether (sulfide) groups is 1. The maximum atomic E-state index is 13.5. The van der Waals surface area contributed by atoms with Crippen LogP contribution in [0, 0.1) is 12.7 Å². The number of aliphatic hydroxyl groups excluding tert-OH is 1. The van der Waals surface area contributed by atoms with Crippen molar-refractivity contribution in [1.82, 2.24) is 0 Å². The molecular formula is C29H24FNO5S. The lowest BCUT2D eigenvalue weighted by molar-refractivity contribution is -0.138. The van der Waals surface area contributed by atoms with E-state index in [2.05, 4.69) is 4.99 Å². The number of benzene rings is 3. The molecule has 4 rings (SSSR count). The van der Waals surface area contributed by atoms with Crippen molar-refractivity contribution < 1.29 is 28.6 Å². The number of halogens is 1. The Labute approximate surface area is 218 Å². The SMILES string of the molecule is CCOC(=O)C1=C(O)/C(=C/c2ccccc2OCc2cccc(F)c2)SC1=NC(=O)c1ccc(C)cc1. The minimum atomic E-state index is -0.776. The number of aliphatic imine (C=N–C) groups is 1. The number of aryl methyl sites for hydroxylation is 1. The fraction of sp³-hybridized carbons (Fsp3) is 0.138. The number of ether oxygens (including phenoxy) is 2. The molecule has 3 aromatic carbocycles. The predicted octanol–water partition coefficient (Wildman–Crippen LogP) is 6.41. The molecule has 0 fully saturated rings. The van der Waals surface area contributed by atoms with Crippen LogP contribution in [-0.4, -0.2) is 28.6 Å². The molecule has 0 saturated heterocycles. The summed E-state index contributed by atoms with van der Waals surface area (Å²) in [7, 11) is 0. The van der Waals surface area contributed by atoms with Crippen molar-refractivity contribution in [2.24, 2.45) is 4.99 Å². The smallest absolute Gasteiger partial charge is 0.344 e. The third-order valence-electron chi connectivity index (χ3n) is 5.36. The molecule has 1 heterocycles. The van der Waals surface area contributed by atoms with Gasteiger partial charge in [-0.1, -0.05) is 59.8 Å². The largest absolute Gasteiger partial charge is 0.506 e. The van der Waals surface area contributed by atoms with Crippen LogP contribution in [-0.2, 0) is 16.1 Å². The molecule has 37 heavy (non-hydrogen) atoms. The van der Waals surface area contributed by atoms with Crippen LogP contribution in [0.4, 0.5) is 4.39 Å². The van der Waals surface area contributed by atoms with Crippen molar-refractivity contribution in [2.45, 2.75) is 20.5 Å². The van der Waals surface area contributed by atoms with Gasteiger partial charge in [0.05, 0.1) is 11.5 Å². The molecule has 0 unspecified atom stereocenters. The van der Waals surface area contributed by atoms with Crippen LogP contribution in [0.2, 0.25) is 0 Å². The number of amides is 1. The third kappa shape index (κ3) is 6.34. The van der Waals surface area contributed by atoms with Gasteiger partial charge in [-0.2, -0.15) is 0 Å². The molecule has 8 heteroatoms. The average molecular weight is 518 g/mol. The second-order valence-electron chi connectivity index (χ2n) is 8.10. The van der Waals surface area contributed by atoms with Gasteiger partial charge in [0.15, 0.2) is 0 Å². The molecule has 0 radical (unpaired) electrons. The number of esters is 1. The molecule has 0 saturated carbocycles. The first-order chi connectivity index (χ1) is 17.9. The van der Waals surface area contributed by atoms with Gasteiger partial charge in [0.25, 0.3) is 5.91 Å². The Balaban J connectivity index is 1.65. The summed E-state index contributed by atoms with van der Waals surface area (Å²) in [5, 5.41) is 11.0. The average Bonchev–Trinajstić information content (AvgIpc) is 3.18. The number of hydrogen-bond acceptors (Lipinski definition) is 6. The summed E-state index contributed by atoms with van der Waals surface area (Å²) in [6.45, 7) is 3.78. The minimum absolute atomic E-state index is 0.0472. The zero-order valence-electron chi connectivity index (χ0n) is 20.2. The van der Waals surface area contributed by atoms with Crippen LogP contribution in [0.1, 0.15) is 34.0 Å². The standard InChI is InChI=1S/C29H24FNO5S/c1-3-35-29(34)25-26(32)24(37-28(25)31-27(33)20-13-11-18(2)12-14-20)16-21-8-4-5-10-23(21)36-17-19-7-6-9-22(30)15-19/h4-16,32H,3,17H2,1-2H3/b24-16-,31-28?. The summed E-state index contributed by atoms with van der Waals surface area (Å²) in [5.41, 5.74) is 2.45. The van der Waals surface area contributed by atoms with E-state index in [1.54, 1.807) is 73.7 Å². The van der Waals surface area contributed by atoms with E-state index in [1.165, 1.54) is 12.1 Å². The summed E-state index contributed by atoms with van der Waals surface area (Å²) in [5.74, 6) is -1.52. The van der Waals surface area contributed by atoms with Gasteiger partial charge in [-0.3, -0.25) is 4.79 Å². The maximum Gasteiger partial charge on any atom is 0.344 e. The number of carbonyl (C=O) groups excluding carboxylic acids is 2. The van der Waals surface area contributed by atoms with Crippen molar-refractivity contribution in [2.75, 3.05) is 6.61 Å². The summed E-state index contributed by atoms with van der Waals surface area (Å²) in [6, 6.07) is 20.1. The van der Waals surface area contributed by atoms with E-state index in [9.17, 15) is 19.1 Å². The zero-order chi connectivity index (χ0) is 26.4. The summed E-state index contributed by atoms with van der Waals surface area (Å²) < 4.78 is 24.5. The molecule has 6 nitrogen and oxygen atoms in total. The lowest BCUT2D eigenvalue weighted by Crippen LogP contribution is -2.14. The molecule has 3 aromatic rings. The highest BCUT2D eigenvalue weighted by Gasteiger charge is 2.34.